The maximum Gasteiger partial charge on any atom is 0.238 e. The van der Waals surface area contributed by atoms with Gasteiger partial charge in [0.05, 0.1) is 0 Å². The Labute approximate surface area is 117 Å². The van der Waals surface area contributed by atoms with E-state index in [1.807, 2.05) is 30.3 Å². The summed E-state index contributed by atoms with van der Waals surface area (Å²) in [5, 5.41) is 8.32. The molecule has 0 bridgehead atoms. The van der Waals surface area contributed by atoms with Gasteiger partial charge in [-0.25, -0.2) is 0 Å². The molecule has 0 saturated carbocycles. The minimum Gasteiger partial charge on any atom is -0.453 e. The van der Waals surface area contributed by atoms with Crippen LogP contribution in [-0.4, -0.2) is 22.7 Å². The molecule has 2 aromatic heterocycles. The lowest BCUT2D eigenvalue weighted by molar-refractivity contribution is 0.373. The Kier molecular flexibility index (Phi) is 3.52. The van der Waals surface area contributed by atoms with Gasteiger partial charge in [0.1, 0.15) is 5.58 Å². The van der Waals surface area contributed by atoms with Crippen molar-refractivity contribution < 1.29 is 8.94 Å². The summed E-state index contributed by atoms with van der Waals surface area (Å²) in [6.07, 6.45) is 0.714. The van der Waals surface area contributed by atoms with E-state index in [0.717, 1.165) is 17.5 Å². The molecule has 0 aliphatic carbocycles. The molecule has 0 aliphatic heterocycles. The third-order valence-corrected chi connectivity index (χ3v) is 3.01. The average molecular weight is 271 g/mol. The zero-order valence-electron chi connectivity index (χ0n) is 11.6. The molecular formula is C15H17N3O2. The van der Waals surface area contributed by atoms with E-state index in [1.165, 1.54) is 0 Å². The first-order valence-corrected chi connectivity index (χ1v) is 6.77. The van der Waals surface area contributed by atoms with Crippen molar-refractivity contribution in [3.63, 3.8) is 0 Å². The first-order valence-electron chi connectivity index (χ1n) is 6.77. The fraction of sp³-hybridized carbons (Fsp3) is 0.333. The van der Waals surface area contributed by atoms with Crippen LogP contribution >= 0.6 is 0 Å². The molecule has 3 aromatic rings. The quantitative estimate of drug-likeness (QED) is 0.772. The van der Waals surface area contributed by atoms with Gasteiger partial charge in [-0.1, -0.05) is 37.2 Å². The number of hydrogen-bond acceptors (Lipinski definition) is 5. The van der Waals surface area contributed by atoms with Crippen LogP contribution in [0.2, 0.25) is 0 Å². The van der Waals surface area contributed by atoms with Crippen LogP contribution in [0.3, 0.4) is 0 Å². The summed E-state index contributed by atoms with van der Waals surface area (Å²) in [7, 11) is 0. The average Bonchev–Trinajstić information content (AvgIpc) is 3.03. The Bertz CT molecular complexity index is 667. The lowest BCUT2D eigenvalue weighted by atomic mass is 10.2. The number of nitrogens with one attached hydrogen (secondary N) is 1. The molecule has 1 N–H and O–H groups in total. The SMILES string of the molecule is CC(C)NCCc1nc(-c2cc3ccccc3o2)no1. The van der Waals surface area contributed by atoms with Gasteiger partial charge < -0.3 is 14.3 Å². The summed E-state index contributed by atoms with van der Waals surface area (Å²) in [6, 6.07) is 10.2. The fourth-order valence-electron chi connectivity index (χ4n) is 2.02. The predicted octanol–water partition coefficient (Wildman–Crippen LogP) is 3.02. The topological polar surface area (TPSA) is 64.1 Å². The molecule has 0 saturated heterocycles. The van der Waals surface area contributed by atoms with E-state index >= 15 is 0 Å². The van der Waals surface area contributed by atoms with Crippen LogP contribution in [0, 0.1) is 0 Å². The van der Waals surface area contributed by atoms with E-state index in [0.29, 0.717) is 29.9 Å². The predicted molar refractivity (Wildman–Crippen MR) is 76.3 cm³/mol. The van der Waals surface area contributed by atoms with Gasteiger partial charge in [-0.05, 0) is 12.1 Å². The Morgan fingerprint density at radius 2 is 2.10 bits per heavy atom. The maximum atomic E-state index is 5.71. The van der Waals surface area contributed by atoms with E-state index in [2.05, 4.69) is 29.3 Å². The summed E-state index contributed by atoms with van der Waals surface area (Å²) in [4.78, 5) is 4.36. The zero-order valence-corrected chi connectivity index (χ0v) is 11.6. The molecule has 0 fully saturated rings. The van der Waals surface area contributed by atoms with Gasteiger partial charge in [0.2, 0.25) is 11.7 Å². The molecule has 0 unspecified atom stereocenters. The van der Waals surface area contributed by atoms with Crippen molar-refractivity contribution in [2.45, 2.75) is 26.3 Å². The Balaban J connectivity index is 1.75. The first kappa shape index (κ1) is 12.9. The van der Waals surface area contributed by atoms with Crippen molar-refractivity contribution in [2.75, 3.05) is 6.54 Å². The highest BCUT2D eigenvalue weighted by Crippen LogP contribution is 2.25. The normalized spacial score (nSPS) is 11.6. The summed E-state index contributed by atoms with van der Waals surface area (Å²) >= 11 is 0. The number of furan rings is 1. The molecule has 20 heavy (non-hydrogen) atoms. The molecule has 2 heterocycles. The van der Waals surface area contributed by atoms with Crippen LogP contribution in [-0.2, 0) is 6.42 Å². The van der Waals surface area contributed by atoms with E-state index < -0.39 is 0 Å². The number of para-hydroxylation sites is 1. The molecule has 1 aromatic carbocycles. The van der Waals surface area contributed by atoms with E-state index in [-0.39, 0.29) is 0 Å². The van der Waals surface area contributed by atoms with Crippen molar-refractivity contribution in [2.24, 2.45) is 0 Å². The summed E-state index contributed by atoms with van der Waals surface area (Å²) in [5.41, 5.74) is 0.829. The third kappa shape index (κ3) is 2.72. The van der Waals surface area contributed by atoms with Crippen LogP contribution < -0.4 is 5.32 Å². The van der Waals surface area contributed by atoms with E-state index in [1.54, 1.807) is 0 Å². The van der Waals surface area contributed by atoms with E-state index in [4.69, 9.17) is 8.94 Å². The number of fused-ring (bicyclic) bond motifs is 1. The van der Waals surface area contributed by atoms with Gasteiger partial charge in [0, 0.05) is 24.4 Å². The van der Waals surface area contributed by atoms with Crippen LogP contribution in [0.25, 0.3) is 22.6 Å². The smallest absolute Gasteiger partial charge is 0.238 e. The number of benzene rings is 1. The van der Waals surface area contributed by atoms with Crippen molar-refractivity contribution >= 4 is 11.0 Å². The summed E-state index contributed by atoms with van der Waals surface area (Å²) < 4.78 is 10.9. The molecule has 0 atom stereocenters. The largest absolute Gasteiger partial charge is 0.453 e. The maximum absolute atomic E-state index is 5.71. The molecule has 0 aliphatic rings. The van der Waals surface area contributed by atoms with Gasteiger partial charge in [-0.2, -0.15) is 4.98 Å². The minimum absolute atomic E-state index is 0.452. The van der Waals surface area contributed by atoms with Crippen LogP contribution in [0.5, 0.6) is 0 Å². The first-order chi connectivity index (χ1) is 9.72. The van der Waals surface area contributed by atoms with Crippen molar-refractivity contribution in [3.05, 3.63) is 36.2 Å². The second-order valence-corrected chi connectivity index (χ2v) is 5.02. The summed E-state index contributed by atoms with van der Waals surface area (Å²) in [5.74, 6) is 1.76. The summed E-state index contributed by atoms with van der Waals surface area (Å²) in [6.45, 7) is 5.03. The molecular weight excluding hydrogens is 254 g/mol. The molecule has 3 rings (SSSR count). The Hall–Kier alpha value is -2.14. The highest BCUT2D eigenvalue weighted by atomic mass is 16.5. The highest BCUT2D eigenvalue weighted by molar-refractivity contribution is 5.81. The fourth-order valence-corrected chi connectivity index (χ4v) is 2.02. The Morgan fingerprint density at radius 1 is 1.25 bits per heavy atom. The van der Waals surface area contributed by atoms with Crippen molar-refractivity contribution in [1.82, 2.24) is 15.5 Å². The minimum atomic E-state index is 0.452. The number of aromatic nitrogens is 2. The van der Waals surface area contributed by atoms with Gasteiger partial charge in [0.25, 0.3) is 0 Å². The van der Waals surface area contributed by atoms with Gasteiger partial charge in [-0.3, -0.25) is 0 Å². The number of hydrogen-bond donors (Lipinski definition) is 1. The molecule has 5 nitrogen and oxygen atoms in total. The molecule has 5 heteroatoms. The van der Waals surface area contributed by atoms with Crippen molar-refractivity contribution in [1.29, 1.82) is 0 Å². The third-order valence-electron chi connectivity index (χ3n) is 3.01. The van der Waals surface area contributed by atoms with E-state index in [9.17, 15) is 0 Å². The van der Waals surface area contributed by atoms with Gasteiger partial charge in [0.15, 0.2) is 5.76 Å². The molecule has 104 valence electrons. The molecule has 0 spiro atoms. The second-order valence-electron chi connectivity index (χ2n) is 5.02. The van der Waals surface area contributed by atoms with Crippen LogP contribution in [0.4, 0.5) is 0 Å². The van der Waals surface area contributed by atoms with Gasteiger partial charge in [-0.15, -0.1) is 0 Å². The second kappa shape index (κ2) is 5.46. The number of nitrogens with zero attached hydrogens (tertiary/aromatic N) is 2. The standard InChI is InChI=1S/C15H17N3O2/c1-10(2)16-8-7-14-17-15(18-20-14)13-9-11-5-3-4-6-12(11)19-13/h3-6,9-10,16H,7-8H2,1-2H3. The van der Waals surface area contributed by atoms with Crippen molar-refractivity contribution in [3.8, 4) is 11.6 Å². The van der Waals surface area contributed by atoms with Crippen LogP contribution in [0.1, 0.15) is 19.7 Å². The number of rotatable bonds is 5. The monoisotopic (exact) mass is 271 g/mol. The van der Waals surface area contributed by atoms with Gasteiger partial charge >= 0.3 is 0 Å². The Morgan fingerprint density at radius 3 is 2.90 bits per heavy atom. The zero-order chi connectivity index (χ0) is 13.9. The molecule has 0 amide bonds. The van der Waals surface area contributed by atoms with Crippen LogP contribution in [0.15, 0.2) is 39.3 Å². The highest BCUT2D eigenvalue weighted by Gasteiger charge is 2.13. The lowest BCUT2D eigenvalue weighted by Gasteiger charge is -2.04. The lowest BCUT2D eigenvalue weighted by Crippen LogP contribution is -2.25. The molecule has 0 radical (unpaired) electrons.